The van der Waals surface area contributed by atoms with Crippen molar-refractivity contribution in [2.24, 2.45) is 0 Å². The summed E-state index contributed by atoms with van der Waals surface area (Å²) in [5.74, 6) is 0.324. The van der Waals surface area contributed by atoms with Gasteiger partial charge in [0.1, 0.15) is 5.75 Å². The van der Waals surface area contributed by atoms with Gasteiger partial charge in [-0.25, -0.2) is 8.42 Å². The predicted octanol–water partition coefficient (Wildman–Crippen LogP) is 3.70. The largest absolute Gasteiger partial charge is 0.494 e. The van der Waals surface area contributed by atoms with Gasteiger partial charge in [-0.3, -0.25) is 4.79 Å². The van der Waals surface area contributed by atoms with E-state index in [1.54, 1.807) is 13.8 Å². The molecule has 0 heterocycles. The van der Waals surface area contributed by atoms with Crippen LogP contribution >= 0.6 is 11.6 Å². The zero-order chi connectivity index (χ0) is 20.7. The lowest BCUT2D eigenvalue weighted by atomic mass is 10.2. The number of amides is 1. The van der Waals surface area contributed by atoms with E-state index < -0.39 is 15.9 Å². The molecule has 0 radical (unpaired) electrons. The van der Waals surface area contributed by atoms with Gasteiger partial charge < -0.3 is 10.1 Å². The van der Waals surface area contributed by atoms with Crippen molar-refractivity contribution >= 4 is 27.5 Å². The Balaban J connectivity index is 2.17. The summed E-state index contributed by atoms with van der Waals surface area (Å²) in [7, 11) is -3.67. The molecule has 0 spiro atoms. The Kier molecular flexibility index (Phi) is 7.86. The third kappa shape index (κ3) is 5.25. The molecule has 2 aromatic rings. The van der Waals surface area contributed by atoms with Crippen LogP contribution in [0.2, 0.25) is 5.02 Å². The van der Waals surface area contributed by atoms with Crippen LogP contribution in [0.3, 0.4) is 0 Å². The number of hydrogen-bond acceptors (Lipinski definition) is 4. The minimum Gasteiger partial charge on any atom is -0.494 e. The number of benzene rings is 2. The summed E-state index contributed by atoms with van der Waals surface area (Å²) < 4.78 is 32.1. The SMILES string of the molecule is CCOc1ccc(CNC(=O)c2cc(S(=O)(=O)N(CC)CC)ccc2Cl)cc1. The standard InChI is InChI=1S/C20H25ClN2O4S/c1-4-23(5-2)28(25,26)17-11-12-19(21)18(13-17)20(24)22-14-15-7-9-16(10-8-15)27-6-3/h7-13H,4-6,14H2,1-3H3,(H,22,24). The number of hydrogen-bond donors (Lipinski definition) is 1. The Morgan fingerprint density at radius 2 is 1.71 bits per heavy atom. The molecule has 28 heavy (non-hydrogen) atoms. The van der Waals surface area contributed by atoms with Gasteiger partial charge in [0.2, 0.25) is 10.0 Å². The molecular formula is C20H25ClN2O4S. The fraction of sp³-hybridized carbons (Fsp3) is 0.350. The van der Waals surface area contributed by atoms with Crippen molar-refractivity contribution in [2.75, 3.05) is 19.7 Å². The highest BCUT2D eigenvalue weighted by Gasteiger charge is 2.23. The first-order valence-electron chi connectivity index (χ1n) is 9.13. The van der Waals surface area contributed by atoms with Gasteiger partial charge in [0.15, 0.2) is 0 Å². The third-order valence-corrected chi connectivity index (χ3v) is 6.59. The smallest absolute Gasteiger partial charge is 0.253 e. The van der Waals surface area contributed by atoms with E-state index in [0.29, 0.717) is 19.7 Å². The second-order valence-electron chi connectivity index (χ2n) is 5.99. The minimum absolute atomic E-state index is 0.0480. The number of carbonyl (C=O) groups excluding carboxylic acids is 1. The van der Waals surface area contributed by atoms with Crippen LogP contribution in [0.5, 0.6) is 5.75 Å². The maximum absolute atomic E-state index is 12.7. The van der Waals surface area contributed by atoms with Crippen molar-refractivity contribution in [3.63, 3.8) is 0 Å². The van der Waals surface area contributed by atoms with Gasteiger partial charge in [-0.2, -0.15) is 4.31 Å². The predicted molar refractivity (Wildman–Crippen MR) is 110 cm³/mol. The van der Waals surface area contributed by atoms with Crippen molar-refractivity contribution in [1.29, 1.82) is 0 Å². The molecule has 0 atom stereocenters. The molecule has 6 nitrogen and oxygen atoms in total. The van der Waals surface area contributed by atoms with Gasteiger partial charge in [0.05, 0.1) is 22.1 Å². The summed E-state index contributed by atoms with van der Waals surface area (Å²) in [5.41, 5.74) is 1.01. The van der Waals surface area contributed by atoms with Crippen LogP contribution in [0.4, 0.5) is 0 Å². The van der Waals surface area contributed by atoms with Crippen molar-refractivity contribution in [3.05, 3.63) is 58.6 Å². The second-order valence-corrected chi connectivity index (χ2v) is 8.34. The molecule has 2 rings (SSSR count). The molecule has 2 aromatic carbocycles. The molecule has 0 aliphatic carbocycles. The second kappa shape index (κ2) is 9.91. The van der Waals surface area contributed by atoms with Crippen LogP contribution in [-0.4, -0.2) is 38.3 Å². The van der Waals surface area contributed by atoms with E-state index in [-0.39, 0.29) is 22.0 Å². The van der Waals surface area contributed by atoms with Gasteiger partial charge in [-0.15, -0.1) is 0 Å². The van der Waals surface area contributed by atoms with Gasteiger partial charge in [0, 0.05) is 19.6 Å². The monoisotopic (exact) mass is 424 g/mol. The number of sulfonamides is 1. The molecule has 0 saturated heterocycles. The van der Waals surface area contributed by atoms with Crippen LogP contribution in [0.1, 0.15) is 36.7 Å². The normalized spacial score (nSPS) is 11.5. The van der Waals surface area contributed by atoms with E-state index in [9.17, 15) is 13.2 Å². The van der Waals surface area contributed by atoms with Gasteiger partial charge >= 0.3 is 0 Å². The number of nitrogens with one attached hydrogen (secondary N) is 1. The zero-order valence-electron chi connectivity index (χ0n) is 16.2. The molecule has 0 fully saturated rings. The van der Waals surface area contributed by atoms with E-state index >= 15 is 0 Å². The number of nitrogens with zero attached hydrogens (tertiary/aromatic N) is 1. The van der Waals surface area contributed by atoms with Crippen molar-refractivity contribution < 1.29 is 17.9 Å². The molecule has 152 valence electrons. The van der Waals surface area contributed by atoms with Crippen molar-refractivity contribution in [1.82, 2.24) is 9.62 Å². The summed E-state index contributed by atoms with van der Waals surface area (Å²) in [6, 6.07) is 11.5. The highest BCUT2D eigenvalue weighted by molar-refractivity contribution is 7.89. The first-order chi connectivity index (χ1) is 13.3. The van der Waals surface area contributed by atoms with Gasteiger partial charge in [-0.1, -0.05) is 37.6 Å². The Morgan fingerprint density at radius 1 is 1.07 bits per heavy atom. The first-order valence-corrected chi connectivity index (χ1v) is 10.9. The van der Waals surface area contributed by atoms with Crippen LogP contribution in [0, 0.1) is 0 Å². The highest BCUT2D eigenvalue weighted by Crippen LogP contribution is 2.23. The van der Waals surface area contributed by atoms with E-state index in [0.717, 1.165) is 11.3 Å². The summed E-state index contributed by atoms with van der Waals surface area (Å²) in [5, 5.41) is 2.97. The van der Waals surface area contributed by atoms with E-state index in [1.165, 1.54) is 22.5 Å². The van der Waals surface area contributed by atoms with E-state index in [1.807, 2.05) is 31.2 Å². The Hall–Kier alpha value is -2.09. The number of ether oxygens (including phenoxy) is 1. The zero-order valence-corrected chi connectivity index (χ0v) is 17.8. The summed E-state index contributed by atoms with van der Waals surface area (Å²) in [6.45, 7) is 7.01. The molecule has 0 unspecified atom stereocenters. The minimum atomic E-state index is -3.67. The van der Waals surface area contributed by atoms with Gasteiger partial charge in [0.25, 0.3) is 5.91 Å². The summed E-state index contributed by atoms with van der Waals surface area (Å²) in [4.78, 5) is 12.6. The number of carbonyl (C=O) groups is 1. The van der Waals surface area contributed by atoms with E-state index in [2.05, 4.69) is 5.32 Å². The maximum Gasteiger partial charge on any atom is 0.253 e. The lowest BCUT2D eigenvalue weighted by molar-refractivity contribution is 0.0951. The Morgan fingerprint density at radius 3 is 2.29 bits per heavy atom. The summed E-state index contributed by atoms with van der Waals surface area (Å²) >= 11 is 6.14. The lowest BCUT2D eigenvalue weighted by Gasteiger charge is -2.19. The third-order valence-electron chi connectivity index (χ3n) is 4.21. The molecule has 0 aliphatic heterocycles. The van der Waals surface area contributed by atoms with Gasteiger partial charge in [-0.05, 0) is 42.8 Å². The maximum atomic E-state index is 12.7. The topological polar surface area (TPSA) is 75.7 Å². The fourth-order valence-corrected chi connectivity index (χ4v) is 4.39. The average Bonchev–Trinajstić information content (AvgIpc) is 2.68. The Labute approximate surface area is 171 Å². The number of rotatable bonds is 9. The van der Waals surface area contributed by atoms with Crippen molar-refractivity contribution in [3.8, 4) is 5.75 Å². The number of halogens is 1. The van der Waals surface area contributed by atoms with Crippen molar-refractivity contribution in [2.45, 2.75) is 32.2 Å². The highest BCUT2D eigenvalue weighted by atomic mass is 35.5. The van der Waals surface area contributed by atoms with Crippen LogP contribution < -0.4 is 10.1 Å². The molecular weight excluding hydrogens is 400 g/mol. The molecule has 0 aliphatic rings. The molecule has 0 aromatic heterocycles. The molecule has 1 amide bonds. The average molecular weight is 425 g/mol. The fourth-order valence-electron chi connectivity index (χ4n) is 2.70. The Bertz CT molecular complexity index is 910. The molecule has 0 saturated carbocycles. The first kappa shape index (κ1) is 22.2. The lowest BCUT2D eigenvalue weighted by Crippen LogP contribution is -2.31. The van der Waals surface area contributed by atoms with Crippen LogP contribution in [0.15, 0.2) is 47.4 Å². The molecule has 0 bridgehead atoms. The molecule has 1 N–H and O–H groups in total. The van der Waals surface area contributed by atoms with Crippen LogP contribution in [-0.2, 0) is 16.6 Å². The van der Waals surface area contributed by atoms with Crippen LogP contribution in [0.25, 0.3) is 0 Å². The molecule has 8 heteroatoms. The van der Waals surface area contributed by atoms with E-state index in [4.69, 9.17) is 16.3 Å². The quantitative estimate of drug-likeness (QED) is 0.665. The summed E-state index contributed by atoms with van der Waals surface area (Å²) in [6.07, 6.45) is 0.